The minimum absolute atomic E-state index is 0.147. The Kier molecular flexibility index (Phi) is 4.50. The van der Waals surface area contributed by atoms with Crippen molar-refractivity contribution in [1.29, 1.82) is 0 Å². The van der Waals surface area contributed by atoms with E-state index in [0.29, 0.717) is 10.9 Å². The average Bonchev–Trinajstić information content (AvgIpc) is 3.57. The molecule has 6 rings (SSSR count). The predicted molar refractivity (Wildman–Crippen MR) is 124 cm³/mol. The normalized spacial score (nSPS) is 19.2. The molecule has 8 heteroatoms. The van der Waals surface area contributed by atoms with Crippen LogP contribution in [0.4, 0.5) is 5.69 Å². The predicted octanol–water partition coefficient (Wildman–Crippen LogP) is 4.17. The van der Waals surface area contributed by atoms with E-state index >= 15 is 0 Å². The maximum atomic E-state index is 5.83. The number of hydrogen-bond donors (Lipinski definition) is 1. The van der Waals surface area contributed by atoms with E-state index in [4.69, 9.17) is 21.7 Å². The van der Waals surface area contributed by atoms with Crippen LogP contribution in [0.2, 0.25) is 0 Å². The summed E-state index contributed by atoms with van der Waals surface area (Å²) in [5.74, 6) is 2.29. The second-order valence-corrected chi connectivity index (χ2v) is 7.91. The van der Waals surface area contributed by atoms with Gasteiger partial charge in [-0.05, 0) is 60.7 Å². The fourth-order valence-corrected chi connectivity index (χ4v) is 4.65. The van der Waals surface area contributed by atoms with Crippen LogP contribution in [-0.4, -0.2) is 26.4 Å². The summed E-state index contributed by atoms with van der Waals surface area (Å²) in [6.07, 6.45) is 5.62. The molecule has 2 aliphatic rings. The van der Waals surface area contributed by atoms with Crippen molar-refractivity contribution in [2.45, 2.75) is 12.1 Å². The first-order valence-electron chi connectivity index (χ1n) is 10.3. The van der Waals surface area contributed by atoms with Crippen molar-refractivity contribution < 1.29 is 9.47 Å². The van der Waals surface area contributed by atoms with E-state index in [9.17, 15) is 0 Å². The standard InChI is InChI=1S/C24H19N5O2S/c32-24-27-22(17-6-1-3-11-25-17)23(18-7-5-13-28(18)21-8-2-4-12-26-21)29(24)16-9-10-19-20(14-16)31-15-30-19/h1-14,22-23H,15H2,(H,27,32). The molecule has 0 bridgehead atoms. The number of thiocarbonyl (C=S) groups is 1. The zero-order chi connectivity index (χ0) is 21.5. The summed E-state index contributed by atoms with van der Waals surface area (Å²) < 4.78 is 13.2. The van der Waals surface area contributed by atoms with Crippen LogP contribution in [0.1, 0.15) is 23.5 Å². The van der Waals surface area contributed by atoms with Gasteiger partial charge in [0.15, 0.2) is 16.6 Å². The van der Waals surface area contributed by atoms with Crippen molar-refractivity contribution in [2.24, 2.45) is 0 Å². The molecule has 2 aliphatic heterocycles. The lowest BCUT2D eigenvalue weighted by molar-refractivity contribution is 0.174. The van der Waals surface area contributed by atoms with Gasteiger partial charge in [-0.15, -0.1) is 0 Å². The van der Waals surface area contributed by atoms with Crippen LogP contribution in [0.15, 0.2) is 85.3 Å². The number of nitrogens with one attached hydrogen (secondary N) is 1. The quantitative estimate of drug-likeness (QED) is 0.477. The molecule has 1 fully saturated rings. The van der Waals surface area contributed by atoms with Crippen LogP contribution >= 0.6 is 12.2 Å². The van der Waals surface area contributed by atoms with Crippen LogP contribution in [-0.2, 0) is 0 Å². The molecule has 2 unspecified atom stereocenters. The molecule has 3 aromatic heterocycles. The van der Waals surface area contributed by atoms with Crippen molar-refractivity contribution in [3.63, 3.8) is 0 Å². The summed E-state index contributed by atoms with van der Waals surface area (Å²) in [4.78, 5) is 11.3. The molecule has 1 saturated heterocycles. The summed E-state index contributed by atoms with van der Waals surface area (Å²) in [7, 11) is 0. The molecule has 0 spiro atoms. The van der Waals surface area contributed by atoms with E-state index in [-0.39, 0.29) is 18.9 Å². The molecule has 0 amide bonds. The van der Waals surface area contributed by atoms with Gasteiger partial charge in [0.1, 0.15) is 11.9 Å². The summed E-state index contributed by atoms with van der Waals surface area (Å²) in [6.45, 7) is 0.226. The Morgan fingerprint density at radius 1 is 0.906 bits per heavy atom. The highest BCUT2D eigenvalue weighted by Crippen LogP contribution is 2.44. The highest BCUT2D eigenvalue weighted by molar-refractivity contribution is 7.80. The summed E-state index contributed by atoms with van der Waals surface area (Å²) >= 11 is 5.83. The Balaban J connectivity index is 1.50. The van der Waals surface area contributed by atoms with E-state index in [0.717, 1.165) is 28.6 Å². The van der Waals surface area contributed by atoms with Gasteiger partial charge in [-0.2, -0.15) is 0 Å². The molecule has 4 aromatic rings. The lowest BCUT2D eigenvalue weighted by Gasteiger charge is -2.29. The van der Waals surface area contributed by atoms with Gasteiger partial charge in [0.2, 0.25) is 6.79 Å². The van der Waals surface area contributed by atoms with Crippen LogP contribution in [0.3, 0.4) is 0 Å². The molecular formula is C24H19N5O2S. The number of rotatable bonds is 4. The molecule has 1 aromatic carbocycles. The Morgan fingerprint density at radius 2 is 1.75 bits per heavy atom. The Hall–Kier alpha value is -3.91. The molecule has 7 nitrogen and oxygen atoms in total. The number of ether oxygens (including phenoxy) is 2. The maximum Gasteiger partial charge on any atom is 0.231 e. The smallest absolute Gasteiger partial charge is 0.231 e. The Bertz CT molecular complexity index is 1280. The molecule has 32 heavy (non-hydrogen) atoms. The van der Waals surface area contributed by atoms with Gasteiger partial charge < -0.3 is 24.3 Å². The lowest BCUT2D eigenvalue weighted by atomic mass is 10.0. The summed E-state index contributed by atoms with van der Waals surface area (Å²) in [5, 5.41) is 4.12. The summed E-state index contributed by atoms with van der Waals surface area (Å²) in [6, 6.07) is 21.5. The fourth-order valence-electron chi connectivity index (χ4n) is 4.31. The van der Waals surface area contributed by atoms with Crippen molar-refractivity contribution in [1.82, 2.24) is 19.9 Å². The summed E-state index contributed by atoms with van der Waals surface area (Å²) in [5.41, 5.74) is 2.88. The highest BCUT2D eigenvalue weighted by atomic mass is 32.1. The fraction of sp³-hybridized carbons (Fsp3) is 0.125. The third kappa shape index (κ3) is 3.07. The van der Waals surface area contributed by atoms with Gasteiger partial charge in [-0.25, -0.2) is 4.98 Å². The SMILES string of the molecule is S=C1NC(c2ccccn2)C(c2cccn2-c2ccccn2)N1c1ccc2c(c1)OCO2. The molecular weight excluding hydrogens is 422 g/mol. The molecule has 5 heterocycles. The van der Waals surface area contributed by atoms with Crippen LogP contribution in [0.5, 0.6) is 11.5 Å². The van der Waals surface area contributed by atoms with Gasteiger partial charge in [-0.3, -0.25) is 4.98 Å². The first-order chi connectivity index (χ1) is 15.8. The van der Waals surface area contributed by atoms with Crippen LogP contribution < -0.4 is 19.7 Å². The van der Waals surface area contributed by atoms with E-state index < -0.39 is 0 Å². The number of benzene rings is 1. The largest absolute Gasteiger partial charge is 0.454 e. The first kappa shape index (κ1) is 18.8. The molecule has 0 radical (unpaired) electrons. The van der Waals surface area contributed by atoms with E-state index in [1.54, 1.807) is 12.4 Å². The van der Waals surface area contributed by atoms with Gasteiger partial charge in [0.25, 0.3) is 0 Å². The minimum atomic E-state index is -0.158. The maximum absolute atomic E-state index is 5.83. The van der Waals surface area contributed by atoms with Crippen molar-refractivity contribution in [3.8, 4) is 17.3 Å². The van der Waals surface area contributed by atoms with Crippen molar-refractivity contribution in [2.75, 3.05) is 11.7 Å². The van der Waals surface area contributed by atoms with Gasteiger partial charge >= 0.3 is 0 Å². The number of anilines is 1. The van der Waals surface area contributed by atoms with Crippen molar-refractivity contribution in [3.05, 3.63) is 96.7 Å². The number of nitrogens with zero attached hydrogens (tertiary/aromatic N) is 4. The molecule has 1 N–H and O–H groups in total. The van der Waals surface area contributed by atoms with E-state index in [1.807, 2.05) is 66.9 Å². The number of pyridine rings is 2. The second kappa shape index (κ2) is 7.65. The van der Waals surface area contributed by atoms with E-state index in [2.05, 4.69) is 30.8 Å². The third-order valence-corrected chi connectivity index (χ3v) is 6.03. The third-order valence-electron chi connectivity index (χ3n) is 5.71. The van der Waals surface area contributed by atoms with Gasteiger partial charge in [0, 0.05) is 36.0 Å². The number of fused-ring (bicyclic) bond motifs is 1. The lowest BCUT2D eigenvalue weighted by Crippen LogP contribution is -2.30. The molecule has 158 valence electrons. The first-order valence-corrected chi connectivity index (χ1v) is 10.7. The average molecular weight is 442 g/mol. The number of hydrogen-bond acceptors (Lipinski definition) is 5. The zero-order valence-electron chi connectivity index (χ0n) is 17.0. The topological polar surface area (TPSA) is 64.4 Å². The van der Waals surface area contributed by atoms with Gasteiger partial charge in [0.05, 0.1) is 11.7 Å². The highest BCUT2D eigenvalue weighted by Gasteiger charge is 2.42. The monoisotopic (exact) mass is 441 g/mol. The van der Waals surface area contributed by atoms with Crippen LogP contribution in [0, 0.1) is 0 Å². The Morgan fingerprint density at radius 3 is 2.56 bits per heavy atom. The Labute approximate surface area is 190 Å². The second-order valence-electron chi connectivity index (χ2n) is 7.53. The number of aromatic nitrogens is 3. The van der Waals surface area contributed by atoms with Gasteiger partial charge in [-0.1, -0.05) is 12.1 Å². The minimum Gasteiger partial charge on any atom is -0.454 e. The van der Waals surface area contributed by atoms with Crippen LogP contribution in [0.25, 0.3) is 5.82 Å². The molecule has 0 aliphatic carbocycles. The van der Waals surface area contributed by atoms with Crippen molar-refractivity contribution >= 4 is 23.0 Å². The molecule has 2 atom stereocenters. The van der Waals surface area contributed by atoms with E-state index in [1.165, 1.54) is 0 Å². The molecule has 0 saturated carbocycles. The zero-order valence-corrected chi connectivity index (χ0v) is 17.8.